The van der Waals surface area contributed by atoms with Crippen LogP contribution in [0.2, 0.25) is 0 Å². The zero-order valence-corrected chi connectivity index (χ0v) is 16.2. The van der Waals surface area contributed by atoms with E-state index in [0.29, 0.717) is 17.1 Å². The van der Waals surface area contributed by atoms with Crippen LogP contribution in [0.3, 0.4) is 0 Å². The molecular weight excluding hydrogens is 368 g/mol. The van der Waals surface area contributed by atoms with Crippen molar-refractivity contribution in [3.8, 4) is 17.2 Å². The minimum Gasteiger partial charge on any atom is -0.448 e. The number of amides is 1. The summed E-state index contributed by atoms with van der Waals surface area (Å²) in [5, 5.41) is 11.6. The van der Waals surface area contributed by atoms with Crippen LogP contribution in [0.15, 0.2) is 48.5 Å². The van der Waals surface area contributed by atoms with E-state index in [1.807, 2.05) is 48.5 Å². The Labute approximate surface area is 168 Å². The summed E-state index contributed by atoms with van der Waals surface area (Å²) < 4.78 is 12.2. The first-order valence-electron chi connectivity index (χ1n) is 9.95. The van der Waals surface area contributed by atoms with E-state index in [-0.39, 0.29) is 11.6 Å². The average Bonchev–Trinajstić information content (AvgIpc) is 3.29. The predicted octanol–water partition coefficient (Wildman–Crippen LogP) is 4.26. The third-order valence-electron chi connectivity index (χ3n) is 5.39. The molecule has 2 aliphatic rings. The molecule has 2 aromatic carbocycles. The number of benzene rings is 2. The highest BCUT2D eigenvalue weighted by Gasteiger charge is 2.42. The molecule has 1 spiro atoms. The Balaban J connectivity index is 1.34. The number of nitrogens with one attached hydrogen (secondary N) is 1. The maximum Gasteiger partial charge on any atom is 0.278 e. The summed E-state index contributed by atoms with van der Waals surface area (Å²) in [6.45, 7) is 1.77. The van der Waals surface area contributed by atoms with Gasteiger partial charge in [-0.2, -0.15) is 9.90 Å². The molecule has 0 radical (unpaired) electrons. The van der Waals surface area contributed by atoms with Crippen molar-refractivity contribution in [2.24, 2.45) is 0 Å². The van der Waals surface area contributed by atoms with Gasteiger partial charge in [0, 0.05) is 24.6 Å². The van der Waals surface area contributed by atoms with Crippen LogP contribution in [0.25, 0.3) is 5.69 Å². The Hall–Kier alpha value is -3.35. The van der Waals surface area contributed by atoms with Crippen LogP contribution in [0.4, 0.5) is 5.69 Å². The number of rotatable bonds is 3. The topological polar surface area (TPSA) is 78.3 Å². The van der Waals surface area contributed by atoms with Gasteiger partial charge in [0.15, 0.2) is 17.2 Å². The van der Waals surface area contributed by atoms with Crippen LogP contribution < -0.4 is 14.8 Å². The van der Waals surface area contributed by atoms with Gasteiger partial charge in [-0.25, -0.2) is 0 Å². The summed E-state index contributed by atoms with van der Waals surface area (Å²) in [7, 11) is 0. The smallest absolute Gasteiger partial charge is 0.278 e. The molecular formula is C22H22N4O3. The zero-order chi connectivity index (χ0) is 19.8. The fourth-order valence-corrected chi connectivity index (χ4v) is 3.92. The van der Waals surface area contributed by atoms with Gasteiger partial charge in [-0.1, -0.05) is 24.6 Å². The Morgan fingerprint density at radius 3 is 2.55 bits per heavy atom. The molecule has 1 aliphatic carbocycles. The predicted molar refractivity (Wildman–Crippen MR) is 108 cm³/mol. The van der Waals surface area contributed by atoms with Gasteiger partial charge in [-0.3, -0.25) is 4.79 Å². The third kappa shape index (κ3) is 3.33. The van der Waals surface area contributed by atoms with Gasteiger partial charge >= 0.3 is 0 Å². The lowest BCUT2D eigenvalue weighted by atomic mass is 9.94. The SMILES string of the molecule is Cc1nn(-c2ccccc2)nc1C(=O)Nc1ccc2c(c1)OC1(CCCCC1)O2. The lowest BCUT2D eigenvalue weighted by molar-refractivity contribution is -0.105. The first kappa shape index (κ1) is 17.7. The van der Waals surface area contributed by atoms with Gasteiger partial charge in [0.25, 0.3) is 11.7 Å². The van der Waals surface area contributed by atoms with E-state index < -0.39 is 5.79 Å². The van der Waals surface area contributed by atoms with Crippen LogP contribution in [0, 0.1) is 6.92 Å². The second-order valence-corrected chi connectivity index (χ2v) is 7.55. The molecule has 1 fully saturated rings. The number of aryl methyl sites for hydroxylation is 1. The fourth-order valence-electron chi connectivity index (χ4n) is 3.92. The lowest BCUT2D eigenvalue weighted by Crippen LogP contribution is -2.40. The number of hydrogen-bond donors (Lipinski definition) is 1. The van der Waals surface area contributed by atoms with Crippen LogP contribution in [-0.4, -0.2) is 26.7 Å². The summed E-state index contributed by atoms with van der Waals surface area (Å²) in [6, 6.07) is 15.0. The molecule has 0 atom stereocenters. The molecule has 1 amide bonds. The number of fused-ring (bicyclic) bond motifs is 1. The Morgan fingerprint density at radius 1 is 1.00 bits per heavy atom. The second kappa shape index (κ2) is 6.92. The van der Waals surface area contributed by atoms with E-state index in [1.54, 1.807) is 6.92 Å². The Bertz CT molecular complexity index is 1060. The third-order valence-corrected chi connectivity index (χ3v) is 5.39. The number of carbonyl (C=O) groups is 1. The second-order valence-electron chi connectivity index (χ2n) is 7.55. The van der Waals surface area contributed by atoms with Gasteiger partial charge in [0.1, 0.15) is 0 Å². The molecule has 29 heavy (non-hydrogen) atoms. The van der Waals surface area contributed by atoms with Gasteiger partial charge in [0.05, 0.1) is 11.4 Å². The molecule has 0 unspecified atom stereocenters. The van der Waals surface area contributed by atoms with Crippen molar-refractivity contribution >= 4 is 11.6 Å². The van der Waals surface area contributed by atoms with E-state index >= 15 is 0 Å². The van der Waals surface area contributed by atoms with Gasteiger partial charge in [0.2, 0.25) is 0 Å². The molecule has 1 N–H and O–H groups in total. The first-order chi connectivity index (χ1) is 14.1. The molecule has 3 aromatic rings. The van der Waals surface area contributed by atoms with E-state index in [4.69, 9.17) is 9.47 Å². The zero-order valence-electron chi connectivity index (χ0n) is 16.2. The summed E-state index contributed by atoms with van der Waals surface area (Å²) in [6.07, 6.45) is 5.22. The van der Waals surface area contributed by atoms with Crippen LogP contribution in [-0.2, 0) is 0 Å². The number of nitrogens with zero attached hydrogens (tertiary/aromatic N) is 3. The Kier molecular flexibility index (Phi) is 4.23. The van der Waals surface area contributed by atoms with Crippen molar-refractivity contribution in [1.82, 2.24) is 15.0 Å². The molecule has 7 nitrogen and oxygen atoms in total. The van der Waals surface area contributed by atoms with Crippen molar-refractivity contribution in [1.29, 1.82) is 0 Å². The number of hydrogen-bond acceptors (Lipinski definition) is 5. The number of aromatic nitrogens is 3. The molecule has 5 rings (SSSR count). The Morgan fingerprint density at radius 2 is 1.76 bits per heavy atom. The molecule has 2 heterocycles. The summed E-state index contributed by atoms with van der Waals surface area (Å²) in [4.78, 5) is 14.2. The minimum absolute atomic E-state index is 0.287. The van der Waals surface area contributed by atoms with E-state index in [9.17, 15) is 4.79 Å². The molecule has 0 saturated heterocycles. The molecule has 0 bridgehead atoms. The number of anilines is 1. The van der Waals surface area contributed by atoms with Gasteiger partial charge in [-0.15, -0.1) is 5.10 Å². The highest BCUT2D eigenvalue weighted by atomic mass is 16.7. The monoisotopic (exact) mass is 390 g/mol. The van der Waals surface area contributed by atoms with Crippen molar-refractivity contribution in [2.75, 3.05) is 5.32 Å². The average molecular weight is 390 g/mol. The van der Waals surface area contributed by atoms with Gasteiger partial charge in [-0.05, 0) is 44.0 Å². The molecule has 1 saturated carbocycles. The van der Waals surface area contributed by atoms with E-state index in [0.717, 1.165) is 37.1 Å². The molecule has 1 aromatic heterocycles. The number of para-hydroxylation sites is 1. The van der Waals surface area contributed by atoms with Crippen molar-refractivity contribution in [3.05, 3.63) is 59.9 Å². The summed E-state index contributed by atoms with van der Waals surface area (Å²) in [5.41, 5.74) is 2.29. The van der Waals surface area contributed by atoms with Crippen LogP contribution >= 0.6 is 0 Å². The standard InChI is InChI=1S/C22H22N4O3/c1-15-20(25-26(24-15)17-8-4-2-5-9-17)21(27)23-16-10-11-18-19(14-16)29-22(28-18)12-6-3-7-13-22/h2,4-5,8-11,14H,3,6-7,12-13H2,1H3,(H,23,27). The molecule has 7 heteroatoms. The van der Waals surface area contributed by atoms with E-state index in [1.165, 1.54) is 11.2 Å². The maximum atomic E-state index is 12.8. The lowest BCUT2D eigenvalue weighted by Gasteiger charge is -2.31. The fraction of sp³-hybridized carbons (Fsp3) is 0.318. The van der Waals surface area contributed by atoms with Crippen LogP contribution in [0.1, 0.15) is 48.3 Å². The number of ether oxygens (including phenoxy) is 2. The van der Waals surface area contributed by atoms with Gasteiger partial charge < -0.3 is 14.8 Å². The quantitative estimate of drug-likeness (QED) is 0.723. The normalized spacial score (nSPS) is 16.7. The molecule has 148 valence electrons. The number of carbonyl (C=O) groups excluding carboxylic acids is 1. The maximum absolute atomic E-state index is 12.8. The highest BCUT2D eigenvalue weighted by Crippen LogP contribution is 2.46. The largest absolute Gasteiger partial charge is 0.448 e. The highest BCUT2D eigenvalue weighted by molar-refractivity contribution is 6.03. The van der Waals surface area contributed by atoms with Crippen LogP contribution in [0.5, 0.6) is 11.5 Å². The van der Waals surface area contributed by atoms with Crippen molar-refractivity contribution in [2.45, 2.75) is 44.8 Å². The van der Waals surface area contributed by atoms with E-state index in [2.05, 4.69) is 15.5 Å². The summed E-state index contributed by atoms with van der Waals surface area (Å²) in [5.74, 6) is 0.569. The van der Waals surface area contributed by atoms with Crippen molar-refractivity contribution < 1.29 is 14.3 Å². The summed E-state index contributed by atoms with van der Waals surface area (Å²) >= 11 is 0. The minimum atomic E-state index is -0.530. The van der Waals surface area contributed by atoms with Crippen molar-refractivity contribution in [3.63, 3.8) is 0 Å². The first-order valence-corrected chi connectivity index (χ1v) is 9.95. The molecule has 1 aliphatic heterocycles.